The zero-order valence-electron chi connectivity index (χ0n) is 11.7. The fourth-order valence-electron chi connectivity index (χ4n) is 2.41. The fourth-order valence-corrected chi connectivity index (χ4v) is 2.41. The van der Waals surface area contributed by atoms with Gasteiger partial charge in [-0.05, 0) is 37.8 Å². The van der Waals surface area contributed by atoms with Gasteiger partial charge in [0.25, 0.3) is 5.56 Å². The van der Waals surface area contributed by atoms with Gasteiger partial charge in [0.2, 0.25) is 5.91 Å². The minimum Gasteiger partial charge on any atom is -0.352 e. The van der Waals surface area contributed by atoms with Crippen molar-refractivity contribution in [3.63, 3.8) is 0 Å². The third kappa shape index (κ3) is 2.94. The predicted octanol–water partition coefficient (Wildman–Crippen LogP) is 1.45. The first kappa shape index (κ1) is 13.7. The Kier molecular flexibility index (Phi) is 3.45. The number of amides is 1. The molecule has 0 aliphatic heterocycles. The van der Waals surface area contributed by atoms with Crippen LogP contribution < -0.4 is 10.9 Å². The quantitative estimate of drug-likeness (QED) is 0.926. The summed E-state index contributed by atoms with van der Waals surface area (Å²) in [6.45, 7) is 1.90. The van der Waals surface area contributed by atoms with E-state index in [0.29, 0.717) is 16.8 Å². The van der Waals surface area contributed by atoms with Crippen LogP contribution in [0, 0.1) is 11.7 Å². The lowest BCUT2D eigenvalue weighted by atomic mass is 10.2. The van der Waals surface area contributed by atoms with Crippen LogP contribution in [-0.4, -0.2) is 21.5 Å². The summed E-state index contributed by atoms with van der Waals surface area (Å²) in [4.78, 5) is 28.2. The van der Waals surface area contributed by atoms with Crippen LogP contribution in [0.1, 0.15) is 19.8 Å². The summed E-state index contributed by atoms with van der Waals surface area (Å²) in [5.41, 5.74) is -0.0442. The van der Waals surface area contributed by atoms with Gasteiger partial charge in [-0.1, -0.05) is 0 Å². The van der Waals surface area contributed by atoms with Crippen molar-refractivity contribution < 1.29 is 9.18 Å². The molecule has 1 aliphatic rings. The van der Waals surface area contributed by atoms with Crippen LogP contribution >= 0.6 is 0 Å². The van der Waals surface area contributed by atoms with Gasteiger partial charge < -0.3 is 5.32 Å². The summed E-state index contributed by atoms with van der Waals surface area (Å²) in [6.07, 6.45) is 3.57. The van der Waals surface area contributed by atoms with Gasteiger partial charge in [-0.2, -0.15) is 0 Å². The molecule has 21 heavy (non-hydrogen) atoms. The first-order valence-electron chi connectivity index (χ1n) is 6.98. The van der Waals surface area contributed by atoms with E-state index in [1.807, 2.05) is 6.92 Å². The van der Waals surface area contributed by atoms with Crippen molar-refractivity contribution in [2.45, 2.75) is 32.4 Å². The Morgan fingerprint density at radius 3 is 3.00 bits per heavy atom. The van der Waals surface area contributed by atoms with Gasteiger partial charge in [0, 0.05) is 12.1 Å². The molecule has 1 atom stereocenters. The minimum absolute atomic E-state index is 0.0732. The minimum atomic E-state index is -0.442. The molecule has 1 N–H and O–H groups in total. The molecule has 6 heteroatoms. The van der Waals surface area contributed by atoms with Crippen molar-refractivity contribution in [1.29, 1.82) is 0 Å². The zero-order chi connectivity index (χ0) is 15.0. The molecule has 1 heterocycles. The molecule has 0 spiro atoms. The van der Waals surface area contributed by atoms with E-state index in [1.54, 1.807) is 0 Å². The standard InChI is InChI=1S/C15H16FN3O2/c1-9(10-2-3-10)18-14(20)7-19-8-17-13-6-11(16)4-5-12(13)15(19)21/h4-6,8-10H,2-3,7H2,1H3,(H,18,20)/t9-/m1/s1. The van der Waals surface area contributed by atoms with Crippen LogP contribution in [0.4, 0.5) is 4.39 Å². The molecule has 0 unspecified atom stereocenters. The largest absolute Gasteiger partial charge is 0.352 e. The number of rotatable bonds is 4. The molecule has 0 bridgehead atoms. The van der Waals surface area contributed by atoms with Gasteiger partial charge in [0.1, 0.15) is 12.4 Å². The summed E-state index contributed by atoms with van der Waals surface area (Å²) in [5.74, 6) is -0.0914. The summed E-state index contributed by atoms with van der Waals surface area (Å²) < 4.78 is 14.3. The molecule has 1 aliphatic carbocycles. The molecule has 110 valence electrons. The lowest BCUT2D eigenvalue weighted by Crippen LogP contribution is -2.38. The van der Waals surface area contributed by atoms with E-state index < -0.39 is 5.82 Å². The van der Waals surface area contributed by atoms with E-state index in [2.05, 4.69) is 10.3 Å². The maximum atomic E-state index is 13.1. The Bertz CT molecular complexity index is 752. The molecule has 0 radical (unpaired) electrons. The van der Waals surface area contributed by atoms with E-state index in [-0.39, 0.29) is 24.1 Å². The SMILES string of the molecule is C[C@@H](NC(=O)Cn1cnc2cc(F)ccc2c1=O)C1CC1. The number of aromatic nitrogens is 2. The van der Waals surface area contributed by atoms with Gasteiger partial charge >= 0.3 is 0 Å². The van der Waals surface area contributed by atoms with Crippen LogP contribution in [0.15, 0.2) is 29.3 Å². The van der Waals surface area contributed by atoms with E-state index in [4.69, 9.17) is 0 Å². The predicted molar refractivity (Wildman–Crippen MR) is 76.3 cm³/mol. The van der Waals surface area contributed by atoms with Crippen molar-refractivity contribution in [3.05, 3.63) is 40.7 Å². The van der Waals surface area contributed by atoms with Crippen LogP contribution in [0.5, 0.6) is 0 Å². The van der Waals surface area contributed by atoms with Gasteiger partial charge in [-0.15, -0.1) is 0 Å². The first-order valence-corrected chi connectivity index (χ1v) is 6.98. The van der Waals surface area contributed by atoms with Crippen molar-refractivity contribution in [1.82, 2.24) is 14.9 Å². The molecule has 2 aromatic rings. The molecule has 1 saturated carbocycles. The van der Waals surface area contributed by atoms with E-state index in [1.165, 1.54) is 29.1 Å². The number of carbonyl (C=O) groups is 1. The maximum absolute atomic E-state index is 13.1. The third-order valence-electron chi connectivity index (χ3n) is 3.82. The summed E-state index contributed by atoms with van der Waals surface area (Å²) in [5, 5.41) is 3.20. The Balaban J connectivity index is 1.80. The van der Waals surface area contributed by atoms with E-state index in [0.717, 1.165) is 12.8 Å². The van der Waals surface area contributed by atoms with Gasteiger partial charge in [0.05, 0.1) is 17.2 Å². The molecular weight excluding hydrogens is 273 g/mol. The molecule has 5 nitrogen and oxygen atoms in total. The normalized spacial score (nSPS) is 15.9. The number of halogens is 1. The van der Waals surface area contributed by atoms with Gasteiger partial charge in [-0.25, -0.2) is 9.37 Å². The smallest absolute Gasteiger partial charge is 0.261 e. The molecule has 3 rings (SSSR count). The highest BCUT2D eigenvalue weighted by Gasteiger charge is 2.28. The highest BCUT2D eigenvalue weighted by Crippen LogP contribution is 2.32. The monoisotopic (exact) mass is 289 g/mol. The third-order valence-corrected chi connectivity index (χ3v) is 3.82. The maximum Gasteiger partial charge on any atom is 0.261 e. The van der Waals surface area contributed by atoms with Crippen molar-refractivity contribution in [2.24, 2.45) is 5.92 Å². The zero-order valence-corrected chi connectivity index (χ0v) is 11.7. The Morgan fingerprint density at radius 1 is 1.52 bits per heavy atom. The van der Waals surface area contributed by atoms with Gasteiger partial charge in [0.15, 0.2) is 0 Å². The topological polar surface area (TPSA) is 64.0 Å². The summed E-state index contributed by atoms with van der Waals surface area (Å²) in [7, 11) is 0. The second-order valence-electron chi connectivity index (χ2n) is 5.53. The Hall–Kier alpha value is -2.24. The molecule has 1 amide bonds. The number of hydrogen-bond donors (Lipinski definition) is 1. The summed E-state index contributed by atoms with van der Waals surface area (Å²) in [6, 6.07) is 3.94. The highest BCUT2D eigenvalue weighted by molar-refractivity contribution is 5.79. The first-order chi connectivity index (χ1) is 10.0. The fraction of sp³-hybridized carbons (Fsp3) is 0.400. The van der Waals surface area contributed by atoms with Crippen LogP contribution in [0.2, 0.25) is 0 Å². The van der Waals surface area contributed by atoms with Crippen molar-refractivity contribution in [2.75, 3.05) is 0 Å². The number of fused-ring (bicyclic) bond motifs is 1. The van der Waals surface area contributed by atoms with Crippen LogP contribution in [-0.2, 0) is 11.3 Å². The Labute approximate surface area is 120 Å². The number of benzene rings is 1. The average Bonchev–Trinajstić information content (AvgIpc) is 3.26. The number of nitrogens with zero attached hydrogens (tertiary/aromatic N) is 2. The highest BCUT2D eigenvalue weighted by atomic mass is 19.1. The number of nitrogens with one attached hydrogen (secondary N) is 1. The van der Waals surface area contributed by atoms with Crippen molar-refractivity contribution in [3.8, 4) is 0 Å². The Morgan fingerprint density at radius 2 is 2.29 bits per heavy atom. The van der Waals surface area contributed by atoms with E-state index in [9.17, 15) is 14.0 Å². The second-order valence-corrected chi connectivity index (χ2v) is 5.53. The van der Waals surface area contributed by atoms with E-state index >= 15 is 0 Å². The molecule has 0 saturated heterocycles. The number of carbonyl (C=O) groups excluding carboxylic acids is 1. The average molecular weight is 289 g/mol. The number of hydrogen-bond acceptors (Lipinski definition) is 3. The van der Waals surface area contributed by atoms with Gasteiger partial charge in [-0.3, -0.25) is 14.2 Å². The van der Waals surface area contributed by atoms with Crippen LogP contribution in [0.3, 0.4) is 0 Å². The second kappa shape index (κ2) is 5.27. The molecular formula is C15H16FN3O2. The molecule has 1 aromatic heterocycles. The molecule has 1 aromatic carbocycles. The summed E-state index contributed by atoms with van der Waals surface area (Å²) >= 11 is 0. The lowest BCUT2D eigenvalue weighted by molar-refractivity contribution is -0.122. The van der Waals surface area contributed by atoms with Crippen molar-refractivity contribution >= 4 is 16.8 Å². The lowest BCUT2D eigenvalue weighted by Gasteiger charge is -2.13. The molecule has 1 fully saturated rings. The van der Waals surface area contributed by atoms with Crippen LogP contribution in [0.25, 0.3) is 10.9 Å².